The van der Waals surface area contributed by atoms with Crippen LogP contribution in [0.4, 0.5) is 0 Å². The van der Waals surface area contributed by atoms with Crippen LogP contribution in [0.1, 0.15) is 5.82 Å². The Hall–Kier alpha value is -3.16. The average Bonchev–Trinajstić information content (AvgIpc) is 3.14. The summed E-state index contributed by atoms with van der Waals surface area (Å²) in [5, 5.41) is 0.943. The van der Waals surface area contributed by atoms with Crippen molar-refractivity contribution in [3.63, 3.8) is 0 Å². The van der Waals surface area contributed by atoms with E-state index in [1.807, 2.05) is 49.4 Å². The van der Waals surface area contributed by atoms with Gasteiger partial charge in [-0.25, -0.2) is 4.98 Å². The van der Waals surface area contributed by atoms with Crippen molar-refractivity contribution < 1.29 is 14.2 Å². The van der Waals surface area contributed by atoms with E-state index in [0.717, 1.165) is 77.9 Å². The van der Waals surface area contributed by atoms with Gasteiger partial charge in [0.05, 0.1) is 29.8 Å². The Morgan fingerprint density at radius 1 is 1.03 bits per heavy atom. The van der Waals surface area contributed by atoms with Gasteiger partial charge in [0.1, 0.15) is 29.7 Å². The molecule has 4 aromatic rings. The van der Waals surface area contributed by atoms with E-state index in [1.54, 1.807) is 6.20 Å². The molecule has 0 saturated carbocycles. The Bertz CT molecular complexity index is 1170. The predicted octanol–water partition coefficient (Wildman–Crippen LogP) is 3.92. The second-order valence-corrected chi connectivity index (χ2v) is 7.39. The molecule has 1 aliphatic heterocycles. The number of morpholine rings is 1. The molecule has 0 spiro atoms. The van der Waals surface area contributed by atoms with Gasteiger partial charge >= 0.3 is 0 Å². The zero-order chi connectivity index (χ0) is 20.3. The second kappa shape index (κ2) is 8.30. The summed E-state index contributed by atoms with van der Waals surface area (Å²) in [6.45, 7) is 7.02. The van der Waals surface area contributed by atoms with Gasteiger partial charge in [0, 0.05) is 43.4 Å². The molecule has 5 rings (SSSR count). The molecule has 0 bridgehead atoms. The number of nitrogens with zero attached hydrogens (tertiary/aromatic N) is 3. The molecule has 0 unspecified atom stereocenters. The minimum absolute atomic E-state index is 0.644. The maximum absolute atomic E-state index is 6.16. The first-order valence-electron chi connectivity index (χ1n) is 10.2. The zero-order valence-electron chi connectivity index (χ0n) is 16.9. The normalized spacial score (nSPS) is 15.0. The van der Waals surface area contributed by atoms with Gasteiger partial charge in [-0.05, 0) is 37.3 Å². The maximum Gasteiger partial charge on any atom is 0.138 e. The van der Waals surface area contributed by atoms with Crippen LogP contribution in [0, 0.1) is 6.92 Å². The number of hydrogen-bond acceptors (Lipinski definition) is 6. The number of aromatic amines is 1. The summed E-state index contributed by atoms with van der Waals surface area (Å²) in [5.41, 5.74) is 2.73. The number of imidazole rings is 1. The smallest absolute Gasteiger partial charge is 0.138 e. The zero-order valence-corrected chi connectivity index (χ0v) is 16.9. The Labute approximate surface area is 174 Å². The lowest BCUT2D eigenvalue weighted by atomic mass is 10.2. The molecule has 30 heavy (non-hydrogen) atoms. The largest absolute Gasteiger partial charge is 0.492 e. The van der Waals surface area contributed by atoms with Crippen LogP contribution in [0.25, 0.3) is 21.9 Å². The van der Waals surface area contributed by atoms with Crippen LogP contribution in [0.2, 0.25) is 0 Å². The number of nitrogens with one attached hydrogen (secondary N) is 1. The summed E-state index contributed by atoms with van der Waals surface area (Å²) in [5.74, 6) is 3.22. The van der Waals surface area contributed by atoms with E-state index >= 15 is 0 Å². The summed E-state index contributed by atoms with van der Waals surface area (Å²) >= 11 is 0. The van der Waals surface area contributed by atoms with Crippen molar-refractivity contribution in [3.8, 4) is 17.2 Å². The van der Waals surface area contributed by atoms with E-state index in [4.69, 9.17) is 14.2 Å². The molecule has 1 N–H and O–H groups in total. The van der Waals surface area contributed by atoms with E-state index in [2.05, 4.69) is 19.9 Å². The van der Waals surface area contributed by atoms with Gasteiger partial charge in [0.2, 0.25) is 0 Å². The number of aromatic nitrogens is 3. The highest BCUT2D eigenvalue weighted by atomic mass is 16.5. The lowest BCUT2D eigenvalue weighted by Gasteiger charge is -2.26. The van der Waals surface area contributed by atoms with Crippen molar-refractivity contribution in [1.82, 2.24) is 19.9 Å². The van der Waals surface area contributed by atoms with Gasteiger partial charge in [-0.3, -0.25) is 9.88 Å². The molecule has 0 amide bonds. The Balaban J connectivity index is 1.30. The van der Waals surface area contributed by atoms with Crippen LogP contribution in [-0.4, -0.2) is 59.3 Å². The Kier molecular flexibility index (Phi) is 5.21. The van der Waals surface area contributed by atoms with Crippen LogP contribution in [0.5, 0.6) is 17.2 Å². The molecule has 1 fully saturated rings. The fourth-order valence-corrected chi connectivity index (χ4v) is 3.70. The van der Waals surface area contributed by atoms with E-state index in [-0.39, 0.29) is 0 Å². The average molecular weight is 404 g/mol. The van der Waals surface area contributed by atoms with Crippen molar-refractivity contribution in [2.75, 3.05) is 39.5 Å². The predicted molar refractivity (Wildman–Crippen MR) is 115 cm³/mol. The molecular formula is C23H24N4O3. The van der Waals surface area contributed by atoms with E-state index in [9.17, 15) is 0 Å². The summed E-state index contributed by atoms with van der Waals surface area (Å²) in [6.07, 6.45) is 1.76. The third kappa shape index (κ3) is 4.08. The highest BCUT2D eigenvalue weighted by Crippen LogP contribution is 2.31. The third-order valence-corrected chi connectivity index (χ3v) is 5.25. The lowest BCUT2D eigenvalue weighted by Crippen LogP contribution is -2.38. The molecule has 0 radical (unpaired) electrons. The molecule has 1 aliphatic rings. The minimum atomic E-state index is 0.644. The third-order valence-electron chi connectivity index (χ3n) is 5.25. The SMILES string of the molecule is Cc1nc2ccc(Oc3ccnc4cc(OCCN5CCOCC5)ccc34)cc2[nH]1. The van der Waals surface area contributed by atoms with Crippen molar-refractivity contribution in [2.45, 2.75) is 6.92 Å². The fraction of sp³-hybridized carbons (Fsp3) is 0.304. The lowest BCUT2D eigenvalue weighted by molar-refractivity contribution is 0.0322. The Morgan fingerprint density at radius 2 is 1.90 bits per heavy atom. The highest BCUT2D eigenvalue weighted by Gasteiger charge is 2.11. The Morgan fingerprint density at radius 3 is 2.80 bits per heavy atom. The molecular weight excluding hydrogens is 380 g/mol. The molecule has 0 atom stereocenters. The number of ether oxygens (including phenoxy) is 3. The number of pyridine rings is 1. The van der Waals surface area contributed by atoms with E-state index in [0.29, 0.717) is 6.61 Å². The van der Waals surface area contributed by atoms with Gasteiger partial charge in [-0.15, -0.1) is 0 Å². The van der Waals surface area contributed by atoms with Crippen molar-refractivity contribution in [2.24, 2.45) is 0 Å². The molecule has 0 aliphatic carbocycles. The van der Waals surface area contributed by atoms with Crippen molar-refractivity contribution in [1.29, 1.82) is 0 Å². The first kappa shape index (κ1) is 18.8. The summed E-state index contributed by atoms with van der Waals surface area (Å²) in [6, 6.07) is 13.7. The van der Waals surface area contributed by atoms with Gasteiger partial charge in [0.15, 0.2) is 0 Å². The summed E-state index contributed by atoms with van der Waals surface area (Å²) < 4.78 is 17.5. The summed E-state index contributed by atoms with van der Waals surface area (Å²) in [4.78, 5) is 14.5. The van der Waals surface area contributed by atoms with Crippen LogP contribution in [0.15, 0.2) is 48.7 Å². The van der Waals surface area contributed by atoms with Gasteiger partial charge in [0.25, 0.3) is 0 Å². The number of fused-ring (bicyclic) bond motifs is 2. The number of benzene rings is 2. The number of aryl methyl sites for hydroxylation is 1. The van der Waals surface area contributed by atoms with Crippen LogP contribution < -0.4 is 9.47 Å². The maximum atomic E-state index is 6.16. The molecule has 7 heteroatoms. The second-order valence-electron chi connectivity index (χ2n) is 7.39. The van der Waals surface area contributed by atoms with Crippen molar-refractivity contribution >= 4 is 21.9 Å². The minimum Gasteiger partial charge on any atom is -0.492 e. The topological polar surface area (TPSA) is 72.5 Å². The van der Waals surface area contributed by atoms with Gasteiger partial charge in [-0.1, -0.05) is 0 Å². The van der Waals surface area contributed by atoms with Crippen LogP contribution in [-0.2, 0) is 4.74 Å². The molecule has 1 saturated heterocycles. The molecule has 2 aromatic heterocycles. The number of rotatable bonds is 6. The van der Waals surface area contributed by atoms with Crippen molar-refractivity contribution in [3.05, 3.63) is 54.5 Å². The van der Waals surface area contributed by atoms with Gasteiger partial charge in [-0.2, -0.15) is 0 Å². The number of hydrogen-bond donors (Lipinski definition) is 1. The van der Waals surface area contributed by atoms with E-state index < -0.39 is 0 Å². The standard InChI is InChI=1S/C23H24N4O3/c1-16-25-20-5-3-18(15-22(20)26-16)30-23-6-7-24-21-14-17(2-4-19(21)23)29-13-10-27-8-11-28-12-9-27/h2-7,14-15H,8-13H2,1H3,(H,25,26). The number of H-pyrrole nitrogens is 1. The summed E-state index contributed by atoms with van der Waals surface area (Å²) in [7, 11) is 0. The molecule has 3 heterocycles. The first-order chi connectivity index (χ1) is 14.7. The molecule has 154 valence electrons. The van der Waals surface area contributed by atoms with Crippen LogP contribution in [0.3, 0.4) is 0 Å². The molecule has 7 nitrogen and oxygen atoms in total. The quantitative estimate of drug-likeness (QED) is 0.525. The highest BCUT2D eigenvalue weighted by molar-refractivity contribution is 5.86. The van der Waals surface area contributed by atoms with E-state index in [1.165, 1.54) is 0 Å². The monoisotopic (exact) mass is 404 g/mol. The first-order valence-corrected chi connectivity index (χ1v) is 10.2. The van der Waals surface area contributed by atoms with Gasteiger partial charge < -0.3 is 19.2 Å². The fourth-order valence-electron chi connectivity index (χ4n) is 3.70. The molecule has 2 aromatic carbocycles. The van der Waals surface area contributed by atoms with Crippen LogP contribution >= 0.6 is 0 Å².